The predicted molar refractivity (Wildman–Crippen MR) is 131 cm³/mol. The number of imidazole rings is 1. The summed E-state index contributed by atoms with van der Waals surface area (Å²) in [6.45, 7) is 4.26. The van der Waals surface area contributed by atoms with Gasteiger partial charge in [0.25, 0.3) is 5.91 Å². The lowest BCUT2D eigenvalue weighted by Gasteiger charge is -2.31. The number of amides is 2. The number of anilines is 1. The molecule has 0 radical (unpaired) electrons. The predicted octanol–water partition coefficient (Wildman–Crippen LogP) is 4.18. The molecule has 0 saturated carbocycles. The van der Waals surface area contributed by atoms with Crippen molar-refractivity contribution in [2.24, 2.45) is 5.92 Å². The number of hydrogen-bond acceptors (Lipinski definition) is 5. The molecule has 3 heterocycles. The summed E-state index contributed by atoms with van der Waals surface area (Å²) in [4.78, 5) is 32.1. The van der Waals surface area contributed by atoms with Crippen molar-refractivity contribution in [2.45, 2.75) is 39.0 Å². The van der Waals surface area contributed by atoms with Crippen LogP contribution in [0.25, 0.3) is 0 Å². The molecule has 36 heavy (non-hydrogen) atoms. The van der Waals surface area contributed by atoms with Gasteiger partial charge in [-0.05, 0) is 61.7 Å². The second-order valence-electron chi connectivity index (χ2n) is 9.06. The SMILES string of the molecule is CCOc1ccc(NC(=O)C2CCN(C(=O)c3ncn4c3COC(c3ccc(F)cc3)C4)CC2)cc1. The molecule has 1 unspecified atom stereocenters. The molecule has 1 atom stereocenters. The minimum Gasteiger partial charge on any atom is -0.494 e. The molecular formula is C27H29FN4O4. The number of piperidine rings is 1. The molecule has 188 valence electrons. The normalized spacial score (nSPS) is 17.9. The first-order valence-corrected chi connectivity index (χ1v) is 12.3. The molecule has 2 amide bonds. The molecule has 1 aromatic heterocycles. The van der Waals surface area contributed by atoms with Crippen LogP contribution in [-0.4, -0.2) is 46.0 Å². The Labute approximate surface area is 209 Å². The van der Waals surface area contributed by atoms with Crippen molar-refractivity contribution in [3.05, 3.63) is 77.6 Å². The summed E-state index contributed by atoms with van der Waals surface area (Å²) in [6, 6.07) is 13.6. The number of carbonyl (C=O) groups is 2. The van der Waals surface area contributed by atoms with Crippen LogP contribution in [0.15, 0.2) is 54.9 Å². The Kier molecular flexibility index (Phi) is 6.99. The molecule has 1 saturated heterocycles. The largest absolute Gasteiger partial charge is 0.494 e. The fourth-order valence-electron chi connectivity index (χ4n) is 4.72. The maximum atomic E-state index is 13.2. The van der Waals surface area contributed by atoms with Crippen molar-refractivity contribution in [3.8, 4) is 5.75 Å². The van der Waals surface area contributed by atoms with Crippen LogP contribution in [0, 0.1) is 11.7 Å². The number of hydrogen-bond donors (Lipinski definition) is 1. The summed E-state index contributed by atoms with van der Waals surface area (Å²) in [6.07, 6.45) is 2.63. The number of ether oxygens (including phenoxy) is 2. The molecule has 0 aliphatic carbocycles. The van der Waals surface area contributed by atoms with E-state index in [1.807, 2.05) is 35.8 Å². The maximum Gasteiger partial charge on any atom is 0.274 e. The lowest BCUT2D eigenvalue weighted by atomic mass is 9.95. The summed E-state index contributed by atoms with van der Waals surface area (Å²) in [5.41, 5.74) is 2.75. The Morgan fingerprint density at radius 2 is 1.83 bits per heavy atom. The zero-order chi connectivity index (χ0) is 25.1. The van der Waals surface area contributed by atoms with Crippen molar-refractivity contribution >= 4 is 17.5 Å². The molecule has 3 aromatic rings. The summed E-state index contributed by atoms with van der Waals surface area (Å²) >= 11 is 0. The Bertz CT molecular complexity index is 1220. The van der Waals surface area contributed by atoms with Crippen LogP contribution < -0.4 is 10.1 Å². The molecule has 8 nitrogen and oxygen atoms in total. The second-order valence-corrected chi connectivity index (χ2v) is 9.06. The van der Waals surface area contributed by atoms with Crippen molar-refractivity contribution in [1.29, 1.82) is 0 Å². The van der Waals surface area contributed by atoms with E-state index in [1.165, 1.54) is 12.1 Å². The standard InChI is InChI=1S/C27H29FN4O4/c1-2-35-22-9-7-21(8-10-22)30-26(33)19-11-13-31(14-12-19)27(34)25-23-16-36-24(15-32(23)17-29-25)18-3-5-20(28)6-4-18/h3-10,17,19,24H,2,11-16H2,1H3,(H,30,33). The first-order valence-electron chi connectivity index (χ1n) is 12.3. The number of fused-ring (bicyclic) bond motifs is 1. The third-order valence-electron chi connectivity index (χ3n) is 6.76. The molecule has 0 spiro atoms. The second kappa shape index (κ2) is 10.5. The van der Waals surface area contributed by atoms with E-state index < -0.39 is 0 Å². The van der Waals surface area contributed by atoms with E-state index >= 15 is 0 Å². The fraction of sp³-hybridized carbons (Fsp3) is 0.370. The van der Waals surface area contributed by atoms with Crippen LogP contribution in [-0.2, 0) is 22.7 Å². The highest BCUT2D eigenvalue weighted by atomic mass is 19.1. The van der Waals surface area contributed by atoms with Crippen molar-refractivity contribution in [3.63, 3.8) is 0 Å². The Morgan fingerprint density at radius 1 is 1.11 bits per heavy atom. The van der Waals surface area contributed by atoms with Crippen LogP contribution >= 0.6 is 0 Å². The van der Waals surface area contributed by atoms with E-state index in [4.69, 9.17) is 9.47 Å². The zero-order valence-electron chi connectivity index (χ0n) is 20.2. The fourth-order valence-corrected chi connectivity index (χ4v) is 4.72. The van der Waals surface area contributed by atoms with Gasteiger partial charge in [0, 0.05) is 24.7 Å². The highest BCUT2D eigenvalue weighted by Crippen LogP contribution is 2.29. The van der Waals surface area contributed by atoms with Crippen LogP contribution in [0.2, 0.25) is 0 Å². The van der Waals surface area contributed by atoms with Crippen LogP contribution in [0.5, 0.6) is 5.75 Å². The van der Waals surface area contributed by atoms with Crippen molar-refractivity contribution in [1.82, 2.24) is 14.5 Å². The highest BCUT2D eigenvalue weighted by molar-refractivity contribution is 5.95. The average molecular weight is 493 g/mol. The molecular weight excluding hydrogens is 463 g/mol. The molecule has 2 aliphatic heterocycles. The first-order chi connectivity index (χ1) is 17.5. The van der Waals surface area contributed by atoms with Gasteiger partial charge in [0.1, 0.15) is 17.7 Å². The molecule has 1 fully saturated rings. The van der Waals surface area contributed by atoms with Gasteiger partial charge in [-0.2, -0.15) is 0 Å². The van der Waals surface area contributed by atoms with Gasteiger partial charge >= 0.3 is 0 Å². The number of halogens is 1. The number of likely N-dealkylation sites (tertiary alicyclic amines) is 1. The van der Waals surface area contributed by atoms with E-state index in [0.717, 1.165) is 22.7 Å². The number of aromatic nitrogens is 2. The molecule has 9 heteroatoms. The Morgan fingerprint density at radius 3 is 2.53 bits per heavy atom. The van der Waals surface area contributed by atoms with Crippen LogP contribution in [0.4, 0.5) is 10.1 Å². The van der Waals surface area contributed by atoms with Crippen LogP contribution in [0.3, 0.4) is 0 Å². The third-order valence-corrected chi connectivity index (χ3v) is 6.76. The van der Waals surface area contributed by atoms with E-state index in [0.29, 0.717) is 44.8 Å². The number of benzene rings is 2. The monoisotopic (exact) mass is 492 g/mol. The summed E-state index contributed by atoms with van der Waals surface area (Å²) < 4.78 is 26.6. The molecule has 2 aliphatic rings. The van der Waals surface area contributed by atoms with Gasteiger partial charge in [-0.25, -0.2) is 9.37 Å². The lowest BCUT2D eigenvalue weighted by molar-refractivity contribution is -0.121. The van der Waals surface area contributed by atoms with E-state index in [9.17, 15) is 14.0 Å². The lowest BCUT2D eigenvalue weighted by Crippen LogP contribution is -2.42. The number of rotatable bonds is 6. The first kappa shape index (κ1) is 24.0. The number of nitrogens with zero attached hydrogens (tertiary/aromatic N) is 3. The maximum absolute atomic E-state index is 13.2. The average Bonchev–Trinajstić information content (AvgIpc) is 3.33. The molecule has 5 rings (SSSR count). The summed E-state index contributed by atoms with van der Waals surface area (Å²) in [5.74, 6) is 0.142. The number of carbonyl (C=O) groups excluding carboxylic acids is 2. The Balaban J connectivity index is 1.16. The Hall–Kier alpha value is -3.72. The van der Waals surface area contributed by atoms with Gasteiger partial charge in [0.15, 0.2) is 5.69 Å². The molecule has 2 aromatic carbocycles. The highest BCUT2D eigenvalue weighted by Gasteiger charge is 2.32. The zero-order valence-corrected chi connectivity index (χ0v) is 20.2. The van der Waals surface area contributed by atoms with E-state index in [2.05, 4.69) is 10.3 Å². The summed E-state index contributed by atoms with van der Waals surface area (Å²) in [5, 5.41) is 2.96. The number of nitrogens with one attached hydrogen (secondary N) is 1. The minimum atomic E-state index is -0.289. The molecule has 0 bridgehead atoms. The molecule has 1 N–H and O–H groups in total. The van der Waals surface area contributed by atoms with Crippen molar-refractivity contribution in [2.75, 3.05) is 25.0 Å². The van der Waals surface area contributed by atoms with Crippen molar-refractivity contribution < 1.29 is 23.5 Å². The van der Waals surface area contributed by atoms with E-state index in [1.54, 1.807) is 23.4 Å². The topological polar surface area (TPSA) is 85.7 Å². The quantitative estimate of drug-likeness (QED) is 0.558. The minimum absolute atomic E-state index is 0.0362. The third kappa shape index (κ3) is 5.11. The van der Waals surface area contributed by atoms with Gasteiger partial charge in [0.05, 0.1) is 31.8 Å². The van der Waals surface area contributed by atoms with Gasteiger partial charge in [-0.1, -0.05) is 12.1 Å². The van der Waals surface area contributed by atoms with Gasteiger partial charge in [-0.15, -0.1) is 0 Å². The van der Waals surface area contributed by atoms with Gasteiger partial charge in [-0.3, -0.25) is 9.59 Å². The van der Waals surface area contributed by atoms with Crippen LogP contribution in [0.1, 0.15) is 47.6 Å². The van der Waals surface area contributed by atoms with Gasteiger partial charge < -0.3 is 24.3 Å². The summed E-state index contributed by atoms with van der Waals surface area (Å²) in [7, 11) is 0. The smallest absolute Gasteiger partial charge is 0.274 e. The van der Waals surface area contributed by atoms with E-state index in [-0.39, 0.29) is 36.3 Å². The van der Waals surface area contributed by atoms with Gasteiger partial charge in [0.2, 0.25) is 5.91 Å².